The first-order valence-electron chi connectivity index (χ1n) is 10.8. The average Bonchev–Trinajstić information content (AvgIpc) is 2.78. The van der Waals surface area contributed by atoms with Gasteiger partial charge >= 0.3 is 0 Å². The Labute approximate surface area is 199 Å². The Morgan fingerprint density at radius 1 is 0.469 bits per heavy atom. The summed E-state index contributed by atoms with van der Waals surface area (Å²) >= 11 is 7.89. The van der Waals surface area contributed by atoms with Gasteiger partial charge in [0.15, 0.2) is 0 Å². The molecule has 0 amide bonds. The highest BCUT2D eigenvalue weighted by atomic mass is 35.6. The minimum absolute atomic E-state index is 1.15. The molecule has 0 unspecified atom stereocenters. The maximum Gasteiger partial charge on any atom is 0.248 e. The Bertz CT molecular complexity index is 949. The standard InChI is InChI=1S/C26H35ClN4Si/c1-28(2)20-14-21(29(3)4)17-25(16-20)32(27,24-12-10-9-11-13-24)26-18-22(30(5)6)15-23(19-26)31(7)8/h9-19H,1-8H3. The van der Waals surface area contributed by atoms with E-state index in [1.54, 1.807) is 0 Å². The van der Waals surface area contributed by atoms with Crippen LogP contribution in [0.1, 0.15) is 0 Å². The van der Waals surface area contributed by atoms with Crippen LogP contribution in [0.4, 0.5) is 22.7 Å². The van der Waals surface area contributed by atoms with Gasteiger partial charge in [0.25, 0.3) is 0 Å². The maximum absolute atomic E-state index is 7.89. The lowest BCUT2D eigenvalue weighted by atomic mass is 10.2. The van der Waals surface area contributed by atoms with Gasteiger partial charge in [0.05, 0.1) is 0 Å². The minimum Gasteiger partial charge on any atom is -0.378 e. The van der Waals surface area contributed by atoms with Crippen LogP contribution in [0.25, 0.3) is 0 Å². The molecule has 0 heterocycles. The molecule has 3 aromatic carbocycles. The third-order valence-electron chi connectivity index (χ3n) is 5.84. The molecule has 0 atom stereocenters. The Hall–Kier alpha value is -2.63. The predicted octanol–water partition coefficient (Wildman–Crippen LogP) is 3.16. The largest absolute Gasteiger partial charge is 0.378 e. The monoisotopic (exact) mass is 466 g/mol. The van der Waals surface area contributed by atoms with Gasteiger partial charge in [-0.25, -0.2) is 0 Å². The number of nitrogens with zero attached hydrogens (tertiary/aromatic N) is 4. The first kappa shape index (κ1) is 24.0. The third kappa shape index (κ3) is 4.74. The van der Waals surface area contributed by atoms with Gasteiger partial charge in [-0.05, 0) is 52.0 Å². The van der Waals surface area contributed by atoms with Gasteiger partial charge in [-0.2, -0.15) is 0 Å². The van der Waals surface area contributed by atoms with Crippen molar-refractivity contribution in [2.75, 3.05) is 76.0 Å². The topological polar surface area (TPSA) is 13.0 Å². The Balaban J connectivity index is 2.39. The number of hydrogen-bond acceptors (Lipinski definition) is 4. The molecule has 170 valence electrons. The lowest BCUT2D eigenvalue weighted by Gasteiger charge is -2.31. The summed E-state index contributed by atoms with van der Waals surface area (Å²) in [4.78, 5) is 8.59. The van der Waals surface area contributed by atoms with Crippen LogP contribution in [0, 0.1) is 0 Å². The van der Waals surface area contributed by atoms with Crippen LogP contribution in [0.2, 0.25) is 0 Å². The van der Waals surface area contributed by atoms with Crippen molar-refractivity contribution in [2.45, 2.75) is 0 Å². The molecule has 3 aromatic rings. The average molecular weight is 467 g/mol. The van der Waals surface area contributed by atoms with E-state index in [9.17, 15) is 0 Å². The Morgan fingerprint density at radius 2 is 0.781 bits per heavy atom. The fourth-order valence-electron chi connectivity index (χ4n) is 3.79. The number of benzene rings is 3. The molecular weight excluding hydrogens is 432 g/mol. The lowest BCUT2D eigenvalue weighted by Crippen LogP contribution is -2.63. The second-order valence-corrected chi connectivity index (χ2v) is 13.8. The zero-order valence-corrected chi connectivity index (χ0v) is 22.3. The first-order chi connectivity index (χ1) is 15.0. The molecule has 0 aliphatic carbocycles. The molecule has 0 bridgehead atoms. The minimum atomic E-state index is -2.82. The molecule has 6 heteroatoms. The molecule has 0 fully saturated rings. The summed E-state index contributed by atoms with van der Waals surface area (Å²) in [5.41, 5.74) is 4.60. The van der Waals surface area contributed by atoms with Crippen LogP contribution in [0.15, 0.2) is 66.7 Å². The summed E-state index contributed by atoms with van der Waals surface area (Å²) in [7, 11) is 13.8. The normalized spacial score (nSPS) is 11.3. The fraction of sp³-hybridized carbons (Fsp3) is 0.308. The third-order valence-corrected chi connectivity index (χ3v) is 11.1. The molecule has 0 aromatic heterocycles. The summed E-state index contributed by atoms with van der Waals surface area (Å²) in [5, 5.41) is 3.55. The van der Waals surface area contributed by atoms with Gasteiger partial charge in [-0.15, -0.1) is 11.1 Å². The highest BCUT2D eigenvalue weighted by molar-refractivity contribution is 7.40. The Kier molecular flexibility index (Phi) is 7.11. The summed E-state index contributed by atoms with van der Waals surface area (Å²) in [6.07, 6.45) is 0. The van der Waals surface area contributed by atoms with Crippen molar-refractivity contribution in [1.82, 2.24) is 0 Å². The van der Waals surface area contributed by atoms with Crippen molar-refractivity contribution in [1.29, 1.82) is 0 Å². The number of hydrogen-bond donors (Lipinski definition) is 0. The van der Waals surface area contributed by atoms with E-state index >= 15 is 0 Å². The van der Waals surface area contributed by atoms with E-state index in [-0.39, 0.29) is 0 Å². The fourth-order valence-corrected chi connectivity index (χ4v) is 7.86. The Morgan fingerprint density at radius 3 is 1.06 bits per heavy atom. The van der Waals surface area contributed by atoms with Gasteiger partial charge in [-0.3, -0.25) is 0 Å². The van der Waals surface area contributed by atoms with Crippen LogP contribution in [-0.4, -0.2) is 63.8 Å². The van der Waals surface area contributed by atoms with Crippen LogP contribution in [0.5, 0.6) is 0 Å². The number of anilines is 4. The van der Waals surface area contributed by atoms with Crippen molar-refractivity contribution in [3.05, 3.63) is 66.7 Å². The van der Waals surface area contributed by atoms with E-state index in [0.29, 0.717) is 0 Å². The van der Waals surface area contributed by atoms with Gasteiger partial charge in [0, 0.05) is 79.1 Å². The zero-order valence-electron chi connectivity index (χ0n) is 20.5. The highest BCUT2D eigenvalue weighted by Gasteiger charge is 2.39. The molecule has 4 nitrogen and oxygen atoms in total. The van der Waals surface area contributed by atoms with E-state index in [2.05, 4.69) is 143 Å². The van der Waals surface area contributed by atoms with Crippen LogP contribution >= 0.6 is 11.1 Å². The van der Waals surface area contributed by atoms with Crippen LogP contribution in [-0.2, 0) is 0 Å². The second kappa shape index (κ2) is 9.47. The van der Waals surface area contributed by atoms with Gasteiger partial charge in [-0.1, -0.05) is 30.3 Å². The molecule has 0 radical (unpaired) electrons. The SMILES string of the molecule is CN(C)c1cc(N(C)C)cc([Si](Cl)(c2ccccc2)c2cc(N(C)C)cc(N(C)C)c2)c1. The molecule has 0 N–H and O–H groups in total. The van der Waals surface area contributed by atoms with E-state index < -0.39 is 7.38 Å². The number of halogens is 1. The molecule has 0 saturated heterocycles. The van der Waals surface area contributed by atoms with Crippen molar-refractivity contribution in [3.8, 4) is 0 Å². The molecular formula is C26H35ClN4Si. The van der Waals surface area contributed by atoms with Gasteiger partial charge in [0.2, 0.25) is 7.38 Å². The molecule has 0 aliphatic heterocycles. The van der Waals surface area contributed by atoms with Crippen LogP contribution in [0.3, 0.4) is 0 Å². The summed E-state index contributed by atoms with van der Waals surface area (Å²) < 4.78 is 0. The van der Waals surface area contributed by atoms with E-state index in [1.807, 2.05) is 0 Å². The van der Waals surface area contributed by atoms with E-state index in [0.717, 1.165) is 22.7 Å². The van der Waals surface area contributed by atoms with Gasteiger partial charge < -0.3 is 19.6 Å². The molecule has 32 heavy (non-hydrogen) atoms. The molecule has 0 aliphatic rings. The van der Waals surface area contributed by atoms with Crippen molar-refractivity contribution < 1.29 is 0 Å². The highest BCUT2D eigenvalue weighted by Crippen LogP contribution is 2.26. The lowest BCUT2D eigenvalue weighted by molar-refractivity contribution is 1.10. The van der Waals surface area contributed by atoms with Crippen molar-refractivity contribution in [2.24, 2.45) is 0 Å². The second-order valence-electron chi connectivity index (χ2n) is 9.08. The predicted molar refractivity (Wildman–Crippen MR) is 147 cm³/mol. The maximum atomic E-state index is 7.89. The van der Waals surface area contributed by atoms with E-state index in [1.165, 1.54) is 15.6 Å². The zero-order chi connectivity index (χ0) is 23.6. The van der Waals surface area contributed by atoms with Crippen LogP contribution < -0.4 is 35.2 Å². The number of rotatable bonds is 7. The molecule has 3 rings (SSSR count). The van der Waals surface area contributed by atoms with Gasteiger partial charge in [0.1, 0.15) is 0 Å². The molecule has 0 spiro atoms. The summed E-state index contributed by atoms with van der Waals surface area (Å²) in [6, 6.07) is 24.0. The quantitative estimate of drug-likeness (QED) is 0.301. The van der Waals surface area contributed by atoms with Crippen molar-refractivity contribution >= 4 is 56.8 Å². The smallest absolute Gasteiger partial charge is 0.248 e. The first-order valence-corrected chi connectivity index (χ1v) is 13.8. The molecule has 0 saturated carbocycles. The summed E-state index contributed by atoms with van der Waals surface area (Å²) in [5.74, 6) is 0. The van der Waals surface area contributed by atoms with E-state index in [4.69, 9.17) is 11.1 Å². The summed E-state index contributed by atoms with van der Waals surface area (Å²) in [6.45, 7) is 0. The van der Waals surface area contributed by atoms with Crippen molar-refractivity contribution in [3.63, 3.8) is 0 Å².